The van der Waals surface area contributed by atoms with Gasteiger partial charge < -0.3 is 9.64 Å². The summed E-state index contributed by atoms with van der Waals surface area (Å²) in [4.78, 5) is 27.5. The van der Waals surface area contributed by atoms with E-state index in [4.69, 9.17) is 16.3 Å². The third-order valence-electron chi connectivity index (χ3n) is 4.24. The largest absolute Gasteiger partial charge is 0.444 e. The maximum Gasteiger partial charge on any atom is 0.410 e. The number of hydrogen-bond acceptors (Lipinski definition) is 5. The topological polar surface area (TPSA) is 68.2 Å². The Labute approximate surface area is 158 Å². The first-order valence-corrected chi connectivity index (χ1v) is 9.08. The third-order valence-corrected chi connectivity index (χ3v) is 4.44. The molecule has 2 aromatic heterocycles. The smallest absolute Gasteiger partial charge is 0.410 e. The molecule has 1 aliphatic rings. The van der Waals surface area contributed by atoms with Crippen molar-refractivity contribution in [2.45, 2.75) is 45.1 Å². The highest BCUT2D eigenvalue weighted by molar-refractivity contribution is 6.30. The van der Waals surface area contributed by atoms with Crippen molar-refractivity contribution in [3.8, 4) is 0 Å². The highest BCUT2D eigenvalue weighted by Gasteiger charge is 2.29. The van der Waals surface area contributed by atoms with E-state index < -0.39 is 5.60 Å². The van der Waals surface area contributed by atoms with Crippen molar-refractivity contribution in [1.29, 1.82) is 0 Å². The van der Waals surface area contributed by atoms with E-state index in [9.17, 15) is 4.79 Å². The average Bonchev–Trinajstić information content (AvgIpc) is 2.59. The molecule has 1 fully saturated rings. The number of hydrogen-bond donors (Lipinski definition) is 0. The van der Waals surface area contributed by atoms with Crippen molar-refractivity contribution in [3.05, 3.63) is 35.3 Å². The van der Waals surface area contributed by atoms with E-state index in [0.717, 1.165) is 24.1 Å². The van der Waals surface area contributed by atoms with Crippen LogP contribution in [0.4, 0.5) is 4.79 Å². The van der Waals surface area contributed by atoms with Crippen LogP contribution in [0.5, 0.6) is 0 Å². The predicted octanol–water partition coefficient (Wildman–Crippen LogP) is 4.44. The highest BCUT2D eigenvalue weighted by atomic mass is 35.5. The molecule has 1 aliphatic heterocycles. The molecular weight excluding hydrogens is 352 g/mol. The summed E-state index contributed by atoms with van der Waals surface area (Å²) in [5, 5.41) is 0.359. The van der Waals surface area contributed by atoms with Crippen molar-refractivity contribution < 1.29 is 9.53 Å². The molecule has 0 unspecified atom stereocenters. The van der Waals surface area contributed by atoms with Gasteiger partial charge in [0, 0.05) is 30.8 Å². The minimum atomic E-state index is -0.505. The predicted molar refractivity (Wildman–Crippen MR) is 102 cm³/mol. The summed E-state index contributed by atoms with van der Waals surface area (Å²) in [6.45, 7) is 10.6. The average molecular weight is 375 g/mol. The molecule has 3 heterocycles. The number of piperidine rings is 1. The molecule has 0 saturated carbocycles. The first-order valence-electron chi connectivity index (χ1n) is 8.70. The zero-order valence-corrected chi connectivity index (χ0v) is 16.1. The molecule has 0 aromatic carbocycles. The van der Waals surface area contributed by atoms with E-state index in [1.165, 1.54) is 0 Å². The number of carbonyl (C=O) groups excluding carboxylic acids is 1. The second kappa shape index (κ2) is 7.19. The van der Waals surface area contributed by atoms with Crippen LogP contribution < -0.4 is 0 Å². The number of pyridine rings is 1. The van der Waals surface area contributed by atoms with Gasteiger partial charge in [0.1, 0.15) is 16.3 Å². The van der Waals surface area contributed by atoms with E-state index in [0.29, 0.717) is 29.4 Å². The van der Waals surface area contributed by atoms with Crippen LogP contribution >= 0.6 is 11.6 Å². The summed E-state index contributed by atoms with van der Waals surface area (Å²) < 4.78 is 5.49. The lowest BCUT2D eigenvalue weighted by molar-refractivity contribution is 0.0197. The van der Waals surface area contributed by atoms with E-state index in [1.54, 1.807) is 23.2 Å². The summed E-state index contributed by atoms with van der Waals surface area (Å²) in [6.07, 6.45) is 4.99. The molecule has 0 bridgehead atoms. The molecule has 26 heavy (non-hydrogen) atoms. The van der Waals surface area contributed by atoms with Gasteiger partial charge in [-0.1, -0.05) is 24.3 Å². The summed E-state index contributed by atoms with van der Waals surface area (Å²) in [7, 11) is 0. The lowest BCUT2D eigenvalue weighted by Gasteiger charge is -2.33. The Balaban J connectivity index is 1.84. The molecule has 2 aromatic rings. The minimum Gasteiger partial charge on any atom is -0.444 e. The van der Waals surface area contributed by atoms with E-state index in [-0.39, 0.29) is 12.0 Å². The highest BCUT2D eigenvalue weighted by Crippen LogP contribution is 2.28. The number of halogens is 1. The van der Waals surface area contributed by atoms with Crippen molar-refractivity contribution in [2.75, 3.05) is 13.1 Å². The van der Waals surface area contributed by atoms with Gasteiger partial charge in [-0.2, -0.15) is 0 Å². The van der Waals surface area contributed by atoms with Gasteiger partial charge in [-0.05, 0) is 39.7 Å². The summed E-state index contributed by atoms with van der Waals surface area (Å²) in [5.41, 5.74) is 2.29. The molecule has 0 N–H and O–H groups in total. The number of carbonyl (C=O) groups is 1. The van der Waals surface area contributed by atoms with Crippen LogP contribution in [0.15, 0.2) is 18.8 Å². The van der Waals surface area contributed by atoms with E-state index in [1.807, 2.05) is 20.8 Å². The fourth-order valence-electron chi connectivity index (χ4n) is 3.07. The van der Waals surface area contributed by atoms with Crippen molar-refractivity contribution >= 4 is 34.9 Å². The van der Waals surface area contributed by atoms with Crippen LogP contribution in [0.3, 0.4) is 0 Å². The van der Waals surface area contributed by atoms with E-state index in [2.05, 4.69) is 21.5 Å². The lowest BCUT2D eigenvalue weighted by atomic mass is 9.95. The Hall–Kier alpha value is -2.21. The maximum absolute atomic E-state index is 12.4. The quantitative estimate of drug-likeness (QED) is 0.727. The van der Waals surface area contributed by atoms with Crippen LogP contribution in [0.25, 0.3) is 17.2 Å². The van der Waals surface area contributed by atoms with Gasteiger partial charge in [0.05, 0.1) is 5.69 Å². The molecule has 1 saturated heterocycles. The molecular formula is C19H23ClN4O2. The van der Waals surface area contributed by atoms with Gasteiger partial charge in [-0.25, -0.2) is 14.8 Å². The Morgan fingerprint density at radius 3 is 2.88 bits per heavy atom. The third kappa shape index (κ3) is 4.12. The summed E-state index contributed by atoms with van der Waals surface area (Å²) in [6, 6.07) is 1.72. The summed E-state index contributed by atoms with van der Waals surface area (Å²) in [5.74, 6) is 0.0983. The number of likely N-dealkylation sites (tertiary alicyclic amines) is 1. The molecule has 0 radical (unpaired) electrons. The van der Waals surface area contributed by atoms with Gasteiger partial charge >= 0.3 is 6.09 Å². The SMILES string of the molecule is C=Cc1cc(Cl)nc2nc([C@@H]3CCCN(C(=O)OC(C)(C)C)C3)cnc12. The first-order chi connectivity index (χ1) is 12.3. The minimum absolute atomic E-state index is 0.0983. The number of rotatable bonds is 2. The molecule has 0 aliphatic carbocycles. The Kier molecular flexibility index (Phi) is 5.14. The van der Waals surface area contributed by atoms with Gasteiger partial charge in [-0.15, -0.1) is 0 Å². The van der Waals surface area contributed by atoms with Crippen LogP contribution in [-0.4, -0.2) is 44.6 Å². The lowest BCUT2D eigenvalue weighted by Crippen LogP contribution is -2.42. The van der Waals surface area contributed by atoms with Crippen LogP contribution in [0.2, 0.25) is 5.15 Å². The fourth-order valence-corrected chi connectivity index (χ4v) is 3.26. The van der Waals surface area contributed by atoms with Gasteiger partial charge in [0.2, 0.25) is 0 Å². The molecule has 1 atom stereocenters. The second-order valence-electron chi connectivity index (χ2n) is 7.47. The molecule has 7 heteroatoms. The van der Waals surface area contributed by atoms with Crippen molar-refractivity contribution in [1.82, 2.24) is 19.9 Å². The van der Waals surface area contributed by atoms with Crippen LogP contribution in [0, 0.1) is 0 Å². The number of ether oxygens (including phenoxy) is 1. The summed E-state index contributed by atoms with van der Waals surface area (Å²) >= 11 is 6.07. The molecule has 6 nitrogen and oxygen atoms in total. The number of aromatic nitrogens is 3. The zero-order chi connectivity index (χ0) is 18.9. The fraction of sp³-hybridized carbons (Fsp3) is 0.474. The second-order valence-corrected chi connectivity index (χ2v) is 7.86. The Morgan fingerprint density at radius 2 is 2.19 bits per heavy atom. The normalized spacial score (nSPS) is 18.0. The Morgan fingerprint density at radius 1 is 1.42 bits per heavy atom. The Bertz CT molecular complexity index is 847. The number of fused-ring (bicyclic) bond motifs is 1. The van der Waals surface area contributed by atoms with Gasteiger partial charge in [0.15, 0.2) is 5.65 Å². The monoisotopic (exact) mass is 374 g/mol. The standard InChI is InChI=1S/C19H23ClN4O2/c1-5-12-9-15(20)23-17-16(12)21-10-14(22-17)13-7-6-8-24(11-13)18(25)26-19(2,3)4/h5,9-10,13H,1,6-8,11H2,2-4H3/t13-/m1/s1. The number of nitrogens with zero attached hydrogens (tertiary/aromatic N) is 4. The first kappa shape index (κ1) is 18.6. The zero-order valence-electron chi connectivity index (χ0n) is 15.3. The van der Waals surface area contributed by atoms with Crippen molar-refractivity contribution in [3.63, 3.8) is 0 Å². The number of amides is 1. The maximum atomic E-state index is 12.4. The van der Waals surface area contributed by atoms with Gasteiger partial charge in [0.25, 0.3) is 0 Å². The van der Waals surface area contributed by atoms with Crippen LogP contribution in [-0.2, 0) is 4.74 Å². The molecule has 3 rings (SSSR count). The van der Waals surface area contributed by atoms with Gasteiger partial charge in [-0.3, -0.25) is 4.98 Å². The van der Waals surface area contributed by atoms with Crippen LogP contribution in [0.1, 0.15) is 50.8 Å². The molecule has 138 valence electrons. The van der Waals surface area contributed by atoms with E-state index >= 15 is 0 Å². The van der Waals surface area contributed by atoms with Crippen molar-refractivity contribution in [2.24, 2.45) is 0 Å². The molecule has 0 spiro atoms. The molecule has 1 amide bonds.